The molecule has 0 bridgehead atoms. The van der Waals surface area contributed by atoms with Crippen LogP contribution in [0.1, 0.15) is 23.7 Å². The fourth-order valence-corrected chi connectivity index (χ4v) is 2.88. The first-order chi connectivity index (χ1) is 12.5. The SMILES string of the molecule is Cc1ccc(Oc2ccc(C3CN(CCC(=O)O)CCO3)cc2)cc1F. The highest BCUT2D eigenvalue weighted by Crippen LogP contribution is 2.27. The van der Waals surface area contributed by atoms with Gasteiger partial charge in [-0.2, -0.15) is 0 Å². The number of halogens is 1. The van der Waals surface area contributed by atoms with Crippen LogP contribution >= 0.6 is 0 Å². The summed E-state index contributed by atoms with van der Waals surface area (Å²) in [6, 6.07) is 12.3. The molecule has 1 aliphatic rings. The van der Waals surface area contributed by atoms with E-state index in [1.165, 1.54) is 6.07 Å². The lowest BCUT2D eigenvalue weighted by molar-refractivity contribution is -0.137. The standard InChI is InChI=1S/C20H22FNO4/c1-14-2-5-17(12-18(14)21)26-16-6-3-15(4-7-16)19-13-22(10-11-25-19)9-8-20(23)24/h2-7,12,19H,8-11,13H2,1H3,(H,23,24). The molecule has 1 atom stereocenters. The summed E-state index contributed by atoms with van der Waals surface area (Å²) in [4.78, 5) is 12.8. The molecule has 0 radical (unpaired) electrons. The minimum absolute atomic E-state index is 0.0941. The van der Waals surface area contributed by atoms with E-state index in [9.17, 15) is 9.18 Å². The zero-order valence-corrected chi connectivity index (χ0v) is 14.7. The number of carboxylic acid groups (broad SMARTS) is 1. The third kappa shape index (κ3) is 4.80. The molecule has 2 aromatic rings. The molecule has 1 unspecified atom stereocenters. The quantitative estimate of drug-likeness (QED) is 0.851. The number of benzene rings is 2. The minimum atomic E-state index is -0.790. The first-order valence-electron chi connectivity index (χ1n) is 8.61. The van der Waals surface area contributed by atoms with E-state index in [1.54, 1.807) is 19.1 Å². The summed E-state index contributed by atoms with van der Waals surface area (Å²) in [7, 11) is 0. The molecule has 0 amide bonds. The number of aryl methyl sites for hydroxylation is 1. The predicted octanol–water partition coefficient (Wildman–Crippen LogP) is 3.77. The van der Waals surface area contributed by atoms with Crippen molar-refractivity contribution in [1.82, 2.24) is 4.90 Å². The number of rotatable bonds is 6. The van der Waals surface area contributed by atoms with Crippen LogP contribution in [0, 0.1) is 12.7 Å². The van der Waals surface area contributed by atoms with Crippen molar-refractivity contribution in [2.24, 2.45) is 0 Å². The highest BCUT2D eigenvalue weighted by Gasteiger charge is 2.22. The van der Waals surface area contributed by atoms with Gasteiger partial charge in [-0.1, -0.05) is 18.2 Å². The molecule has 5 nitrogen and oxygen atoms in total. The van der Waals surface area contributed by atoms with E-state index in [2.05, 4.69) is 4.90 Å². The number of hydrogen-bond acceptors (Lipinski definition) is 4. The zero-order chi connectivity index (χ0) is 18.5. The predicted molar refractivity (Wildman–Crippen MR) is 95.0 cm³/mol. The van der Waals surface area contributed by atoms with Crippen molar-refractivity contribution in [2.45, 2.75) is 19.4 Å². The maximum absolute atomic E-state index is 13.6. The molecule has 3 rings (SSSR count). The number of carboxylic acids is 1. The fourth-order valence-electron chi connectivity index (χ4n) is 2.88. The van der Waals surface area contributed by atoms with Crippen LogP contribution < -0.4 is 4.74 Å². The van der Waals surface area contributed by atoms with Crippen LogP contribution in [-0.2, 0) is 9.53 Å². The van der Waals surface area contributed by atoms with Crippen molar-refractivity contribution in [3.05, 3.63) is 59.4 Å². The van der Waals surface area contributed by atoms with Crippen LogP contribution in [0.15, 0.2) is 42.5 Å². The molecule has 26 heavy (non-hydrogen) atoms. The van der Waals surface area contributed by atoms with Crippen LogP contribution in [0.4, 0.5) is 4.39 Å². The topological polar surface area (TPSA) is 59.0 Å². The average molecular weight is 359 g/mol. The Morgan fingerprint density at radius 1 is 1.27 bits per heavy atom. The van der Waals surface area contributed by atoms with Crippen LogP contribution in [0.3, 0.4) is 0 Å². The fraction of sp³-hybridized carbons (Fsp3) is 0.350. The molecule has 6 heteroatoms. The van der Waals surface area contributed by atoms with Gasteiger partial charge < -0.3 is 14.6 Å². The Morgan fingerprint density at radius 2 is 2.00 bits per heavy atom. The summed E-state index contributed by atoms with van der Waals surface area (Å²) in [6.07, 6.45) is 0.0375. The van der Waals surface area contributed by atoms with Gasteiger partial charge in [0, 0.05) is 25.7 Å². The molecular weight excluding hydrogens is 337 g/mol. The highest BCUT2D eigenvalue weighted by atomic mass is 19.1. The number of aliphatic carboxylic acids is 1. The molecule has 0 spiro atoms. The molecule has 2 aromatic carbocycles. The van der Waals surface area contributed by atoms with E-state index < -0.39 is 5.97 Å². The lowest BCUT2D eigenvalue weighted by atomic mass is 10.1. The second-order valence-corrected chi connectivity index (χ2v) is 6.39. The number of carbonyl (C=O) groups is 1. The number of hydrogen-bond donors (Lipinski definition) is 1. The van der Waals surface area contributed by atoms with Crippen molar-refractivity contribution in [3.63, 3.8) is 0 Å². The second kappa shape index (κ2) is 8.29. The average Bonchev–Trinajstić information content (AvgIpc) is 2.64. The Hall–Kier alpha value is -2.44. The van der Waals surface area contributed by atoms with Crippen LogP contribution in [-0.4, -0.2) is 42.2 Å². The molecule has 1 N–H and O–H groups in total. The third-order valence-corrected chi connectivity index (χ3v) is 4.42. The number of morpholine rings is 1. The van der Waals surface area contributed by atoms with Crippen LogP contribution in [0.25, 0.3) is 0 Å². The molecule has 0 aliphatic carbocycles. The second-order valence-electron chi connectivity index (χ2n) is 6.39. The van der Waals surface area contributed by atoms with Crippen molar-refractivity contribution in [3.8, 4) is 11.5 Å². The van der Waals surface area contributed by atoms with Gasteiger partial charge in [0.2, 0.25) is 0 Å². The summed E-state index contributed by atoms with van der Waals surface area (Å²) in [5, 5.41) is 8.82. The van der Waals surface area contributed by atoms with E-state index in [-0.39, 0.29) is 18.3 Å². The first-order valence-corrected chi connectivity index (χ1v) is 8.61. The zero-order valence-electron chi connectivity index (χ0n) is 14.7. The molecule has 1 aliphatic heterocycles. The van der Waals surface area contributed by atoms with Gasteiger partial charge in [-0.25, -0.2) is 4.39 Å². The molecule has 1 fully saturated rings. The van der Waals surface area contributed by atoms with Gasteiger partial charge in [0.1, 0.15) is 17.3 Å². The number of ether oxygens (including phenoxy) is 2. The van der Waals surface area contributed by atoms with Crippen molar-refractivity contribution >= 4 is 5.97 Å². The van der Waals surface area contributed by atoms with E-state index in [0.717, 1.165) is 12.1 Å². The van der Waals surface area contributed by atoms with Gasteiger partial charge in [-0.05, 0) is 36.2 Å². The third-order valence-electron chi connectivity index (χ3n) is 4.42. The van der Waals surface area contributed by atoms with E-state index in [4.69, 9.17) is 14.6 Å². The Labute approximate surface area is 152 Å². The van der Waals surface area contributed by atoms with Crippen LogP contribution in [0.2, 0.25) is 0 Å². The molecule has 0 aromatic heterocycles. The Morgan fingerprint density at radius 3 is 2.69 bits per heavy atom. The summed E-state index contributed by atoms with van der Waals surface area (Å²) < 4.78 is 25.1. The normalized spacial score (nSPS) is 17.8. The maximum atomic E-state index is 13.6. The van der Waals surface area contributed by atoms with Crippen molar-refractivity contribution in [2.75, 3.05) is 26.2 Å². The summed E-state index contributed by atoms with van der Waals surface area (Å²) in [5.41, 5.74) is 1.59. The summed E-state index contributed by atoms with van der Waals surface area (Å²) in [5.74, 6) is -0.0107. The van der Waals surface area contributed by atoms with Crippen molar-refractivity contribution in [1.29, 1.82) is 0 Å². The van der Waals surface area contributed by atoms with E-state index in [1.807, 2.05) is 24.3 Å². The van der Waals surface area contributed by atoms with Crippen molar-refractivity contribution < 1.29 is 23.8 Å². The summed E-state index contributed by atoms with van der Waals surface area (Å²) >= 11 is 0. The van der Waals surface area contributed by atoms with Crippen LogP contribution in [0.5, 0.6) is 11.5 Å². The summed E-state index contributed by atoms with van der Waals surface area (Å²) in [6.45, 7) is 4.21. The molecule has 138 valence electrons. The lowest BCUT2D eigenvalue weighted by Crippen LogP contribution is -2.39. The molecule has 0 saturated carbocycles. The highest BCUT2D eigenvalue weighted by molar-refractivity contribution is 5.66. The van der Waals surface area contributed by atoms with E-state index >= 15 is 0 Å². The smallest absolute Gasteiger partial charge is 0.304 e. The minimum Gasteiger partial charge on any atom is -0.481 e. The molecule has 1 saturated heterocycles. The maximum Gasteiger partial charge on any atom is 0.304 e. The van der Waals surface area contributed by atoms with E-state index in [0.29, 0.717) is 36.8 Å². The van der Waals surface area contributed by atoms with Gasteiger partial charge in [-0.15, -0.1) is 0 Å². The largest absolute Gasteiger partial charge is 0.481 e. The Balaban J connectivity index is 1.61. The van der Waals surface area contributed by atoms with Gasteiger partial charge in [-0.3, -0.25) is 9.69 Å². The Bertz CT molecular complexity index is 763. The molecular formula is C20H22FNO4. The molecule has 1 heterocycles. The van der Waals surface area contributed by atoms with Gasteiger partial charge in [0.25, 0.3) is 0 Å². The van der Waals surface area contributed by atoms with Gasteiger partial charge in [0.15, 0.2) is 0 Å². The Kier molecular flexibility index (Phi) is 5.85. The van der Waals surface area contributed by atoms with Gasteiger partial charge >= 0.3 is 5.97 Å². The van der Waals surface area contributed by atoms with Gasteiger partial charge in [0.05, 0.1) is 19.1 Å². The monoisotopic (exact) mass is 359 g/mol. The number of nitrogens with zero attached hydrogens (tertiary/aromatic N) is 1. The lowest BCUT2D eigenvalue weighted by Gasteiger charge is -2.32. The first kappa shape index (κ1) is 18.4.